The Labute approximate surface area is 90.9 Å². The van der Waals surface area contributed by atoms with Gasteiger partial charge in [0.15, 0.2) is 0 Å². The zero-order chi connectivity index (χ0) is 11.3. The van der Waals surface area contributed by atoms with Gasteiger partial charge in [0.2, 0.25) is 5.91 Å². The van der Waals surface area contributed by atoms with Gasteiger partial charge in [-0.3, -0.25) is 4.79 Å². The van der Waals surface area contributed by atoms with E-state index < -0.39 is 0 Å². The van der Waals surface area contributed by atoms with Crippen LogP contribution < -0.4 is 10.6 Å². The number of benzene rings is 1. The van der Waals surface area contributed by atoms with Gasteiger partial charge in [0.1, 0.15) is 0 Å². The minimum atomic E-state index is 0.0623. The molecule has 82 valence electrons. The molecule has 0 heterocycles. The van der Waals surface area contributed by atoms with E-state index in [4.69, 9.17) is 5.73 Å². The summed E-state index contributed by atoms with van der Waals surface area (Å²) in [6.07, 6.45) is 0.827. The molecule has 0 fully saturated rings. The van der Waals surface area contributed by atoms with Crippen LogP contribution in [0.3, 0.4) is 0 Å². The molecule has 0 atom stereocenters. The molecule has 3 heteroatoms. The summed E-state index contributed by atoms with van der Waals surface area (Å²) in [7, 11) is 0. The first-order chi connectivity index (χ1) is 7.15. The Bertz CT molecular complexity index is 319. The van der Waals surface area contributed by atoms with Crippen LogP contribution in [-0.4, -0.2) is 19.0 Å². The molecule has 1 aromatic carbocycles. The zero-order valence-electron chi connectivity index (χ0n) is 9.36. The fraction of sp³-hybridized carbons (Fsp3) is 0.417. The molecule has 0 saturated carbocycles. The average molecular weight is 206 g/mol. The van der Waals surface area contributed by atoms with E-state index in [0.717, 1.165) is 12.1 Å². The van der Waals surface area contributed by atoms with E-state index in [-0.39, 0.29) is 5.91 Å². The van der Waals surface area contributed by atoms with Crippen LogP contribution in [0.2, 0.25) is 0 Å². The second kappa shape index (κ2) is 5.51. The van der Waals surface area contributed by atoms with Crippen LogP contribution in [0, 0.1) is 6.92 Å². The van der Waals surface area contributed by atoms with E-state index in [0.29, 0.717) is 13.1 Å². The monoisotopic (exact) mass is 206 g/mol. The second-order valence-corrected chi connectivity index (χ2v) is 3.65. The minimum Gasteiger partial charge on any atom is -0.330 e. The minimum absolute atomic E-state index is 0.0623. The van der Waals surface area contributed by atoms with Gasteiger partial charge in [-0.2, -0.15) is 0 Å². The lowest BCUT2D eigenvalue weighted by atomic mass is 10.2. The number of amides is 1. The quantitative estimate of drug-likeness (QED) is 0.815. The lowest BCUT2D eigenvalue weighted by molar-refractivity contribution is -0.116. The van der Waals surface area contributed by atoms with Gasteiger partial charge in [0.05, 0.1) is 0 Å². The molecule has 0 bridgehead atoms. The van der Waals surface area contributed by atoms with Gasteiger partial charge < -0.3 is 10.6 Å². The maximum Gasteiger partial charge on any atom is 0.223 e. The highest BCUT2D eigenvalue weighted by Crippen LogP contribution is 2.15. The van der Waals surface area contributed by atoms with Gasteiger partial charge in [-0.1, -0.05) is 17.7 Å². The summed E-state index contributed by atoms with van der Waals surface area (Å²) in [5.74, 6) is 0.0623. The molecule has 0 spiro atoms. The SMILES string of the molecule is CC(=O)N(CCCN)c1ccc(C)cc1. The summed E-state index contributed by atoms with van der Waals surface area (Å²) in [4.78, 5) is 13.2. The van der Waals surface area contributed by atoms with E-state index in [2.05, 4.69) is 0 Å². The van der Waals surface area contributed by atoms with Crippen molar-refractivity contribution in [2.75, 3.05) is 18.0 Å². The summed E-state index contributed by atoms with van der Waals surface area (Å²) < 4.78 is 0. The molecule has 0 aliphatic rings. The van der Waals surface area contributed by atoms with Crippen molar-refractivity contribution in [2.45, 2.75) is 20.3 Å². The highest BCUT2D eigenvalue weighted by molar-refractivity contribution is 5.91. The van der Waals surface area contributed by atoms with Crippen LogP contribution in [-0.2, 0) is 4.79 Å². The molecule has 0 aliphatic carbocycles. The number of carbonyl (C=O) groups is 1. The molecule has 1 rings (SSSR count). The Morgan fingerprint density at radius 3 is 2.40 bits per heavy atom. The topological polar surface area (TPSA) is 46.3 Å². The molecule has 15 heavy (non-hydrogen) atoms. The first kappa shape index (κ1) is 11.7. The molecule has 3 nitrogen and oxygen atoms in total. The highest BCUT2D eigenvalue weighted by atomic mass is 16.2. The summed E-state index contributed by atoms with van der Waals surface area (Å²) in [5.41, 5.74) is 7.58. The van der Waals surface area contributed by atoms with Crippen molar-refractivity contribution in [2.24, 2.45) is 5.73 Å². The third-order valence-electron chi connectivity index (χ3n) is 2.31. The summed E-state index contributed by atoms with van der Waals surface area (Å²) >= 11 is 0. The number of carbonyl (C=O) groups excluding carboxylic acids is 1. The van der Waals surface area contributed by atoms with E-state index in [1.54, 1.807) is 11.8 Å². The first-order valence-corrected chi connectivity index (χ1v) is 5.20. The first-order valence-electron chi connectivity index (χ1n) is 5.20. The van der Waals surface area contributed by atoms with Gasteiger partial charge in [0, 0.05) is 19.2 Å². The van der Waals surface area contributed by atoms with Crippen molar-refractivity contribution in [1.82, 2.24) is 0 Å². The van der Waals surface area contributed by atoms with Gasteiger partial charge in [-0.15, -0.1) is 0 Å². The van der Waals surface area contributed by atoms with Crippen molar-refractivity contribution in [1.29, 1.82) is 0 Å². The third kappa shape index (κ3) is 3.36. The van der Waals surface area contributed by atoms with Gasteiger partial charge in [-0.05, 0) is 32.0 Å². The van der Waals surface area contributed by atoms with Crippen molar-refractivity contribution in [3.05, 3.63) is 29.8 Å². The Hall–Kier alpha value is -1.35. The number of aryl methyl sites for hydroxylation is 1. The van der Waals surface area contributed by atoms with Gasteiger partial charge >= 0.3 is 0 Å². The summed E-state index contributed by atoms with van der Waals surface area (Å²) in [6.45, 7) is 4.91. The van der Waals surface area contributed by atoms with Crippen molar-refractivity contribution < 1.29 is 4.79 Å². The molecule has 0 saturated heterocycles. The Morgan fingerprint density at radius 1 is 1.33 bits per heavy atom. The maximum atomic E-state index is 11.4. The smallest absolute Gasteiger partial charge is 0.223 e. The highest BCUT2D eigenvalue weighted by Gasteiger charge is 2.09. The number of hydrogen-bond donors (Lipinski definition) is 1. The number of anilines is 1. The van der Waals surface area contributed by atoms with E-state index >= 15 is 0 Å². The summed E-state index contributed by atoms with van der Waals surface area (Å²) in [5, 5.41) is 0. The molecule has 2 N–H and O–H groups in total. The van der Waals surface area contributed by atoms with Gasteiger partial charge in [-0.25, -0.2) is 0 Å². The Kier molecular flexibility index (Phi) is 4.31. The van der Waals surface area contributed by atoms with Crippen LogP contribution in [0.1, 0.15) is 18.9 Å². The molecule has 1 aromatic rings. The summed E-state index contributed by atoms with van der Waals surface area (Å²) in [6, 6.07) is 7.95. The lowest BCUT2D eigenvalue weighted by Gasteiger charge is -2.20. The van der Waals surface area contributed by atoms with Crippen molar-refractivity contribution in [3.8, 4) is 0 Å². The number of nitrogens with two attached hydrogens (primary N) is 1. The van der Waals surface area contributed by atoms with Crippen molar-refractivity contribution in [3.63, 3.8) is 0 Å². The van der Waals surface area contributed by atoms with Crippen LogP contribution in [0.25, 0.3) is 0 Å². The third-order valence-corrected chi connectivity index (χ3v) is 2.31. The Morgan fingerprint density at radius 2 is 1.93 bits per heavy atom. The normalized spacial score (nSPS) is 10.1. The predicted molar refractivity (Wildman–Crippen MR) is 62.9 cm³/mol. The number of rotatable bonds is 4. The molecule has 0 aliphatic heterocycles. The fourth-order valence-corrected chi connectivity index (χ4v) is 1.44. The number of nitrogens with zero attached hydrogens (tertiary/aromatic N) is 1. The average Bonchev–Trinajstić information content (AvgIpc) is 2.21. The molecule has 0 unspecified atom stereocenters. The molecule has 1 amide bonds. The van der Waals surface area contributed by atoms with Crippen LogP contribution in [0.15, 0.2) is 24.3 Å². The maximum absolute atomic E-state index is 11.4. The Balaban J connectivity index is 2.79. The van der Waals surface area contributed by atoms with E-state index in [9.17, 15) is 4.79 Å². The molecular weight excluding hydrogens is 188 g/mol. The molecule has 0 radical (unpaired) electrons. The predicted octanol–water partition coefficient (Wildman–Crippen LogP) is 1.70. The largest absolute Gasteiger partial charge is 0.330 e. The standard InChI is InChI=1S/C12H18N2O/c1-10-4-6-12(7-5-10)14(11(2)15)9-3-8-13/h4-7H,3,8-9,13H2,1-2H3. The van der Waals surface area contributed by atoms with E-state index in [1.165, 1.54) is 5.56 Å². The van der Waals surface area contributed by atoms with Crippen LogP contribution in [0.5, 0.6) is 0 Å². The van der Waals surface area contributed by atoms with E-state index in [1.807, 2.05) is 31.2 Å². The fourth-order valence-electron chi connectivity index (χ4n) is 1.44. The van der Waals surface area contributed by atoms with Crippen LogP contribution in [0.4, 0.5) is 5.69 Å². The van der Waals surface area contributed by atoms with Gasteiger partial charge in [0.25, 0.3) is 0 Å². The molecular formula is C12H18N2O. The second-order valence-electron chi connectivity index (χ2n) is 3.65. The van der Waals surface area contributed by atoms with Crippen LogP contribution >= 0.6 is 0 Å². The molecule has 0 aromatic heterocycles. The number of hydrogen-bond acceptors (Lipinski definition) is 2. The van der Waals surface area contributed by atoms with Crippen molar-refractivity contribution >= 4 is 11.6 Å². The zero-order valence-corrected chi connectivity index (χ0v) is 9.36. The lowest BCUT2D eigenvalue weighted by Crippen LogP contribution is -2.30.